The molecule has 0 bridgehead atoms. The number of nitrogen functional groups attached to an aromatic ring is 1. The third-order valence-corrected chi connectivity index (χ3v) is 3.34. The summed E-state index contributed by atoms with van der Waals surface area (Å²) in [7, 11) is 0. The lowest BCUT2D eigenvalue weighted by atomic mass is 10.2. The number of nitrogens with two attached hydrogens (primary N) is 1. The fourth-order valence-electron chi connectivity index (χ4n) is 1.33. The molecule has 2 rings (SSSR count). The summed E-state index contributed by atoms with van der Waals surface area (Å²) in [6.45, 7) is 0. The lowest BCUT2D eigenvalue weighted by Crippen LogP contribution is -2.02. The zero-order chi connectivity index (χ0) is 13.1. The lowest BCUT2D eigenvalue weighted by Gasteiger charge is -2.04. The number of benzene rings is 1. The summed E-state index contributed by atoms with van der Waals surface area (Å²) in [5.74, 6) is -1.04. The molecule has 92 valence electrons. The molecule has 0 amide bonds. The van der Waals surface area contributed by atoms with E-state index in [9.17, 15) is 4.79 Å². The molecular formula is C12H9ClN2O2S. The maximum Gasteiger partial charge on any atom is 0.337 e. The Kier molecular flexibility index (Phi) is 3.74. The zero-order valence-corrected chi connectivity index (χ0v) is 10.7. The molecule has 18 heavy (non-hydrogen) atoms. The van der Waals surface area contributed by atoms with E-state index in [4.69, 9.17) is 22.4 Å². The van der Waals surface area contributed by atoms with Crippen LogP contribution >= 0.6 is 23.4 Å². The minimum atomic E-state index is -1.04. The van der Waals surface area contributed by atoms with Crippen LogP contribution in [0, 0.1) is 0 Å². The minimum Gasteiger partial charge on any atom is -0.478 e. The highest BCUT2D eigenvalue weighted by molar-refractivity contribution is 7.99. The molecular weight excluding hydrogens is 272 g/mol. The topological polar surface area (TPSA) is 76.2 Å². The van der Waals surface area contributed by atoms with E-state index in [0.717, 1.165) is 9.92 Å². The number of carbonyl (C=O) groups is 1. The molecule has 0 fully saturated rings. The van der Waals surface area contributed by atoms with Crippen LogP contribution in [0.1, 0.15) is 10.4 Å². The number of hydrogen-bond donors (Lipinski definition) is 2. The average Bonchev–Trinajstić information content (AvgIpc) is 2.34. The smallest absolute Gasteiger partial charge is 0.337 e. The van der Waals surface area contributed by atoms with Gasteiger partial charge in [0.2, 0.25) is 0 Å². The third-order valence-electron chi connectivity index (χ3n) is 2.18. The second kappa shape index (κ2) is 5.29. The van der Waals surface area contributed by atoms with Crippen molar-refractivity contribution in [3.63, 3.8) is 0 Å². The Balaban J connectivity index is 2.27. The Morgan fingerprint density at radius 1 is 1.33 bits per heavy atom. The molecule has 0 spiro atoms. The van der Waals surface area contributed by atoms with Crippen LogP contribution in [0.4, 0.5) is 5.69 Å². The van der Waals surface area contributed by atoms with Crippen molar-refractivity contribution in [1.82, 2.24) is 4.98 Å². The normalized spacial score (nSPS) is 10.3. The molecule has 0 radical (unpaired) electrons. The lowest BCUT2D eigenvalue weighted by molar-refractivity contribution is 0.0698. The molecule has 2 aromatic rings. The van der Waals surface area contributed by atoms with Crippen LogP contribution in [0.3, 0.4) is 0 Å². The van der Waals surface area contributed by atoms with Crippen molar-refractivity contribution in [2.24, 2.45) is 0 Å². The van der Waals surface area contributed by atoms with Gasteiger partial charge in [-0.2, -0.15) is 0 Å². The Hall–Kier alpha value is -1.72. The molecule has 0 unspecified atom stereocenters. The van der Waals surface area contributed by atoms with Gasteiger partial charge in [0.25, 0.3) is 0 Å². The molecule has 0 aliphatic rings. The number of nitrogens with zero attached hydrogens (tertiary/aromatic N) is 1. The summed E-state index contributed by atoms with van der Waals surface area (Å²) in [5.41, 5.74) is 5.92. The number of rotatable bonds is 3. The van der Waals surface area contributed by atoms with Gasteiger partial charge in [-0.05, 0) is 30.3 Å². The van der Waals surface area contributed by atoms with Gasteiger partial charge >= 0.3 is 5.97 Å². The van der Waals surface area contributed by atoms with E-state index < -0.39 is 5.97 Å². The van der Waals surface area contributed by atoms with Crippen LogP contribution in [0.25, 0.3) is 0 Å². The van der Waals surface area contributed by atoms with Crippen molar-refractivity contribution in [3.05, 3.63) is 47.1 Å². The van der Waals surface area contributed by atoms with E-state index >= 15 is 0 Å². The molecule has 4 nitrogen and oxygen atoms in total. The molecule has 3 N–H and O–H groups in total. The number of pyridine rings is 1. The fourth-order valence-corrected chi connectivity index (χ4v) is 2.24. The van der Waals surface area contributed by atoms with Crippen molar-refractivity contribution >= 4 is 35.0 Å². The monoisotopic (exact) mass is 280 g/mol. The number of hydrogen-bond acceptors (Lipinski definition) is 4. The van der Waals surface area contributed by atoms with E-state index in [1.165, 1.54) is 17.8 Å². The molecule has 1 aromatic heterocycles. The standard InChI is InChI=1S/C12H9ClN2O2S/c13-7-1-4-11(15-6-7)18-8-2-3-10(14)9(5-8)12(16)17/h1-6H,14H2,(H,16,17). The summed E-state index contributed by atoms with van der Waals surface area (Å²) in [4.78, 5) is 15.8. The maximum absolute atomic E-state index is 10.9. The van der Waals surface area contributed by atoms with Gasteiger partial charge in [0.05, 0.1) is 10.6 Å². The molecule has 0 saturated carbocycles. The number of aromatic carboxylic acids is 1. The summed E-state index contributed by atoms with van der Waals surface area (Å²) < 4.78 is 0. The van der Waals surface area contributed by atoms with Crippen molar-refractivity contribution < 1.29 is 9.90 Å². The van der Waals surface area contributed by atoms with Crippen LogP contribution in [0.2, 0.25) is 5.02 Å². The van der Waals surface area contributed by atoms with Crippen molar-refractivity contribution in [3.8, 4) is 0 Å². The average molecular weight is 281 g/mol. The maximum atomic E-state index is 10.9. The second-order valence-corrected chi connectivity index (χ2v) is 5.00. The molecule has 0 aliphatic carbocycles. The van der Waals surface area contributed by atoms with E-state index in [-0.39, 0.29) is 11.3 Å². The highest BCUT2D eigenvalue weighted by Crippen LogP contribution is 2.29. The van der Waals surface area contributed by atoms with E-state index in [1.54, 1.807) is 30.5 Å². The van der Waals surface area contributed by atoms with Crippen LogP contribution < -0.4 is 5.73 Å². The summed E-state index contributed by atoms with van der Waals surface area (Å²) in [6, 6.07) is 8.35. The summed E-state index contributed by atoms with van der Waals surface area (Å²) >= 11 is 7.08. The summed E-state index contributed by atoms with van der Waals surface area (Å²) in [5, 5.41) is 10.3. The van der Waals surface area contributed by atoms with Gasteiger partial charge in [-0.3, -0.25) is 0 Å². The molecule has 0 saturated heterocycles. The quantitative estimate of drug-likeness (QED) is 0.845. The molecule has 6 heteroatoms. The third kappa shape index (κ3) is 2.94. The second-order valence-electron chi connectivity index (χ2n) is 3.47. The number of aromatic nitrogens is 1. The first-order chi connectivity index (χ1) is 8.56. The number of carboxylic acids is 1. The highest BCUT2D eigenvalue weighted by Gasteiger charge is 2.09. The van der Waals surface area contributed by atoms with Gasteiger partial charge in [-0.15, -0.1) is 0 Å². The first-order valence-electron chi connectivity index (χ1n) is 4.98. The number of carboxylic acid groups (broad SMARTS) is 1. The Labute approximate surface area is 113 Å². The number of anilines is 1. The Morgan fingerprint density at radius 2 is 2.11 bits per heavy atom. The van der Waals surface area contributed by atoms with Crippen molar-refractivity contribution in [1.29, 1.82) is 0 Å². The van der Waals surface area contributed by atoms with Gasteiger partial charge in [0.1, 0.15) is 5.03 Å². The van der Waals surface area contributed by atoms with E-state index in [0.29, 0.717) is 5.02 Å². The van der Waals surface area contributed by atoms with Gasteiger partial charge in [0.15, 0.2) is 0 Å². The minimum absolute atomic E-state index is 0.0916. The number of halogens is 1. The van der Waals surface area contributed by atoms with E-state index in [2.05, 4.69) is 4.98 Å². The summed E-state index contributed by atoms with van der Waals surface area (Å²) in [6.07, 6.45) is 1.54. The van der Waals surface area contributed by atoms with Gasteiger partial charge < -0.3 is 10.8 Å². The largest absolute Gasteiger partial charge is 0.478 e. The highest BCUT2D eigenvalue weighted by atomic mass is 35.5. The molecule has 0 aliphatic heterocycles. The predicted octanol–water partition coefficient (Wildman–Crippen LogP) is 3.17. The van der Waals surface area contributed by atoms with Crippen LogP contribution in [0.5, 0.6) is 0 Å². The molecule has 1 aromatic carbocycles. The molecule has 1 heterocycles. The van der Waals surface area contributed by atoms with Crippen LogP contribution in [-0.4, -0.2) is 16.1 Å². The molecule has 0 atom stereocenters. The van der Waals surface area contributed by atoms with Crippen molar-refractivity contribution in [2.75, 3.05) is 5.73 Å². The van der Waals surface area contributed by atoms with Gasteiger partial charge in [-0.1, -0.05) is 23.4 Å². The first kappa shape index (κ1) is 12.7. The predicted molar refractivity (Wildman–Crippen MR) is 71.2 cm³/mol. The SMILES string of the molecule is Nc1ccc(Sc2ccc(Cl)cn2)cc1C(=O)O. The Bertz CT molecular complexity index is 587. The van der Waals surface area contributed by atoms with Gasteiger partial charge in [-0.25, -0.2) is 9.78 Å². The van der Waals surface area contributed by atoms with Crippen LogP contribution in [0.15, 0.2) is 46.5 Å². The Morgan fingerprint density at radius 3 is 2.72 bits per heavy atom. The van der Waals surface area contributed by atoms with Crippen LogP contribution in [-0.2, 0) is 0 Å². The van der Waals surface area contributed by atoms with Gasteiger partial charge in [0, 0.05) is 16.8 Å². The first-order valence-corrected chi connectivity index (χ1v) is 6.18. The van der Waals surface area contributed by atoms with E-state index in [1.807, 2.05) is 0 Å². The fraction of sp³-hybridized carbons (Fsp3) is 0. The van der Waals surface area contributed by atoms with Crippen molar-refractivity contribution in [2.45, 2.75) is 9.92 Å². The zero-order valence-electron chi connectivity index (χ0n) is 9.13.